The summed E-state index contributed by atoms with van der Waals surface area (Å²) in [7, 11) is 1.86. The maximum atomic E-state index is 12.3. The lowest BCUT2D eigenvalue weighted by molar-refractivity contribution is -0.758. The van der Waals surface area contributed by atoms with Crippen molar-refractivity contribution in [3.63, 3.8) is 0 Å². The number of benzene rings is 2. The molecule has 0 N–H and O–H groups in total. The van der Waals surface area contributed by atoms with E-state index in [2.05, 4.69) is 6.07 Å². The van der Waals surface area contributed by atoms with E-state index in [1.54, 1.807) is 4.74 Å². The molecule has 0 fully saturated rings. The second-order valence-corrected chi connectivity index (χ2v) is 4.81. The Balaban J connectivity index is 1.87. The van der Waals surface area contributed by atoms with Crippen molar-refractivity contribution in [1.82, 2.24) is 0 Å². The zero-order chi connectivity index (χ0) is 13.2. The van der Waals surface area contributed by atoms with E-state index < -0.39 is 0 Å². The number of hydroxylamine groups is 1. The van der Waals surface area contributed by atoms with E-state index in [4.69, 9.17) is 4.84 Å². The molecule has 0 saturated carbocycles. The first-order valence-corrected chi connectivity index (χ1v) is 6.47. The van der Waals surface area contributed by atoms with Crippen molar-refractivity contribution < 1.29 is 14.4 Å². The van der Waals surface area contributed by atoms with Crippen LogP contribution in [-0.2, 0) is 4.84 Å². The highest BCUT2D eigenvalue weighted by Gasteiger charge is 2.24. The summed E-state index contributed by atoms with van der Waals surface area (Å²) >= 11 is 0. The molecule has 3 nitrogen and oxygen atoms in total. The van der Waals surface area contributed by atoms with Crippen molar-refractivity contribution in [2.75, 3.05) is 13.7 Å². The summed E-state index contributed by atoms with van der Waals surface area (Å²) in [6, 6.07) is 14.0. The van der Waals surface area contributed by atoms with Crippen LogP contribution < -0.4 is 0 Å². The predicted octanol–water partition coefficient (Wildman–Crippen LogP) is 2.83. The molecular weight excluding hydrogens is 238 g/mol. The zero-order valence-corrected chi connectivity index (χ0v) is 10.9. The number of nitrogens with zero attached hydrogens (tertiary/aromatic N) is 1. The van der Waals surface area contributed by atoms with Gasteiger partial charge in [-0.25, -0.2) is 0 Å². The summed E-state index contributed by atoms with van der Waals surface area (Å²) in [6.07, 6.45) is 1.28. The van der Waals surface area contributed by atoms with E-state index in [1.807, 2.05) is 43.4 Å². The van der Waals surface area contributed by atoms with Crippen molar-refractivity contribution in [3.8, 4) is 0 Å². The van der Waals surface area contributed by atoms with Gasteiger partial charge in [0.2, 0.25) is 5.71 Å². The monoisotopic (exact) mass is 254 g/mol. The highest BCUT2D eigenvalue weighted by Crippen LogP contribution is 2.17. The molecule has 96 valence electrons. The van der Waals surface area contributed by atoms with Crippen LogP contribution in [0.5, 0.6) is 0 Å². The highest BCUT2D eigenvalue weighted by molar-refractivity contribution is 6.09. The maximum absolute atomic E-state index is 12.3. The number of carbonyl (C=O) groups excluding carboxylic acids is 1. The molecule has 0 spiro atoms. The fraction of sp³-hybridized carbons (Fsp3) is 0.250. The second kappa shape index (κ2) is 4.84. The van der Waals surface area contributed by atoms with Crippen LogP contribution in [0.15, 0.2) is 42.5 Å². The number of hydrogen-bond acceptors (Lipinski definition) is 2. The molecule has 0 saturated heterocycles. The van der Waals surface area contributed by atoms with Gasteiger partial charge >= 0.3 is 0 Å². The van der Waals surface area contributed by atoms with E-state index in [1.165, 1.54) is 0 Å². The third-order valence-corrected chi connectivity index (χ3v) is 3.56. The van der Waals surface area contributed by atoms with Gasteiger partial charge < -0.3 is 0 Å². The molecule has 19 heavy (non-hydrogen) atoms. The lowest BCUT2D eigenvalue weighted by Crippen LogP contribution is -2.13. The minimum absolute atomic E-state index is 0.151. The van der Waals surface area contributed by atoms with Gasteiger partial charge in [-0.15, -0.1) is 0 Å². The Morgan fingerprint density at radius 2 is 2.00 bits per heavy atom. The summed E-state index contributed by atoms with van der Waals surface area (Å²) in [5, 5.41) is 2.27. The zero-order valence-electron chi connectivity index (χ0n) is 10.9. The number of carbonyl (C=O) groups is 1. The first-order chi connectivity index (χ1) is 9.24. The Kier molecular flexibility index (Phi) is 3.03. The first kappa shape index (κ1) is 11.9. The lowest BCUT2D eigenvalue weighted by Gasteiger charge is -2.02. The molecule has 2 aromatic rings. The van der Waals surface area contributed by atoms with Crippen LogP contribution in [0, 0.1) is 0 Å². The number of ketones is 1. The molecule has 0 unspecified atom stereocenters. The Hall–Kier alpha value is -2.16. The fourth-order valence-electron chi connectivity index (χ4n) is 2.40. The van der Waals surface area contributed by atoms with Crippen molar-refractivity contribution in [3.05, 3.63) is 48.0 Å². The molecular formula is C16H16NO2+. The Morgan fingerprint density at radius 1 is 1.21 bits per heavy atom. The number of Topliss-reactive ketones (excluding diaryl/α,β-unsaturated/α-hetero) is 1. The van der Waals surface area contributed by atoms with E-state index in [-0.39, 0.29) is 5.78 Å². The van der Waals surface area contributed by atoms with Crippen LogP contribution in [0.4, 0.5) is 0 Å². The Labute approximate surface area is 112 Å². The quantitative estimate of drug-likeness (QED) is 0.622. The van der Waals surface area contributed by atoms with Gasteiger partial charge in [0.05, 0.1) is 12.8 Å². The number of fused-ring (bicyclic) bond motifs is 1. The SMILES string of the molecule is C[N+]1=C(CC(=O)c2ccc3ccccc3c2)CCO1. The molecule has 2 aromatic carbocycles. The maximum Gasteiger partial charge on any atom is 0.215 e. The topological polar surface area (TPSA) is 29.3 Å². The molecule has 0 aliphatic carbocycles. The summed E-state index contributed by atoms with van der Waals surface area (Å²) in [5.74, 6) is 0.151. The van der Waals surface area contributed by atoms with Crippen LogP contribution in [0.2, 0.25) is 0 Å². The van der Waals surface area contributed by atoms with Gasteiger partial charge in [-0.05, 0) is 21.6 Å². The molecule has 1 heterocycles. The molecule has 1 aliphatic rings. The van der Waals surface area contributed by atoms with Crippen molar-refractivity contribution in [2.45, 2.75) is 12.8 Å². The van der Waals surface area contributed by atoms with Gasteiger partial charge in [0.15, 0.2) is 19.4 Å². The average molecular weight is 254 g/mol. The third-order valence-electron chi connectivity index (χ3n) is 3.56. The van der Waals surface area contributed by atoms with E-state index >= 15 is 0 Å². The molecule has 0 bridgehead atoms. The van der Waals surface area contributed by atoms with Crippen LogP contribution >= 0.6 is 0 Å². The van der Waals surface area contributed by atoms with E-state index in [0.717, 1.165) is 28.5 Å². The molecule has 0 radical (unpaired) electrons. The normalized spacial score (nSPS) is 14.8. The lowest BCUT2D eigenvalue weighted by atomic mass is 10.0. The number of hydrogen-bond donors (Lipinski definition) is 0. The predicted molar refractivity (Wildman–Crippen MR) is 74.7 cm³/mol. The fourth-order valence-corrected chi connectivity index (χ4v) is 2.40. The minimum Gasteiger partial charge on any atom is -0.294 e. The molecule has 0 amide bonds. The molecule has 3 heteroatoms. The summed E-state index contributed by atoms with van der Waals surface area (Å²) in [5.41, 5.74) is 1.82. The van der Waals surface area contributed by atoms with Crippen molar-refractivity contribution in [2.24, 2.45) is 0 Å². The van der Waals surface area contributed by atoms with E-state index in [9.17, 15) is 4.79 Å². The summed E-state index contributed by atoms with van der Waals surface area (Å²) < 4.78 is 1.72. The Morgan fingerprint density at radius 3 is 2.74 bits per heavy atom. The smallest absolute Gasteiger partial charge is 0.215 e. The average Bonchev–Trinajstić information content (AvgIpc) is 2.84. The van der Waals surface area contributed by atoms with Crippen LogP contribution in [0.1, 0.15) is 23.2 Å². The van der Waals surface area contributed by atoms with Crippen LogP contribution in [0.25, 0.3) is 10.8 Å². The third kappa shape index (κ3) is 2.36. The molecule has 0 aromatic heterocycles. The summed E-state index contributed by atoms with van der Waals surface area (Å²) in [6.45, 7) is 0.677. The minimum atomic E-state index is 0.151. The van der Waals surface area contributed by atoms with Gasteiger partial charge in [0.25, 0.3) is 0 Å². The van der Waals surface area contributed by atoms with Gasteiger partial charge in [-0.1, -0.05) is 36.4 Å². The van der Waals surface area contributed by atoms with Crippen molar-refractivity contribution in [1.29, 1.82) is 0 Å². The first-order valence-electron chi connectivity index (χ1n) is 6.47. The van der Waals surface area contributed by atoms with Gasteiger partial charge in [-0.2, -0.15) is 0 Å². The molecule has 0 atom stereocenters. The number of rotatable bonds is 3. The largest absolute Gasteiger partial charge is 0.294 e. The second-order valence-electron chi connectivity index (χ2n) is 4.81. The van der Waals surface area contributed by atoms with E-state index in [0.29, 0.717) is 13.0 Å². The van der Waals surface area contributed by atoms with Crippen LogP contribution in [-0.4, -0.2) is 29.9 Å². The van der Waals surface area contributed by atoms with Gasteiger partial charge in [0.1, 0.15) is 0 Å². The molecule has 1 aliphatic heterocycles. The van der Waals surface area contributed by atoms with Gasteiger partial charge in [0, 0.05) is 5.56 Å². The molecule has 3 rings (SSSR count). The Bertz CT molecular complexity index is 673. The van der Waals surface area contributed by atoms with Crippen molar-refractivity contribution >= 4 is 22.3 Å². The van der Waals surface area contributed by atoms with Crippen LogP contribution in [0.3, 0.4) is 0 Å². The highest BCUT2D eigenvalue weighted by atomic mass is 16.7. The standard InChI is InChI=1S/C16H16NO2/c1-17-15(8-9-19-17)11-16(18)14-7-6-12-4-2-3-5-13(12)10-14/h2-7,10H,8-9,11H2,1H3/q+1. The van der Waals surface area contributed by atoms with Gasteiger partial charge in [-0.3, -0.25) is 9.63 Å². The summed E-state index contributed by atoms with van der Waals surface area (Å²) in [4.78, 5) is 17.6.